The highest BCUT2D eigenvalue weighted by molar-refractivity contribution is 7.89. The molecule has 8 heteroatoms. The Morgan fingerprint density at radius 3 is 2.42 bits per heavy atom. The Balaban J connectivity index is 2.55. The summed E-state index contributed by atoms with van der Waals surface area (Å²) in [7, 11) is -3.67. The quantitative estimate of drug-likeness (QED) is 0.511. The van der Waals surface area contributed by atoms with Crippen LogP contribution in [0.3, 0.4) is 0 Å². The summed E-state index contributed by atoms with van der Waals surface area (Å²) in [6, 6.07) is 2.39. The van der Waals surface area contributed by atoms with Crippen LogP contribution in [0, 0.1) is 17.0 Å². The van der Waals surface area contributed by atoms with Gasteiger partial charge in [-0.25, -0.2) is 8.42 Å². The van der Waals surface area contributed by atoms with Gasteiger partial charge in [0.25, 0.3) is 5.69 Å². The number of nitro groups is 1. The Kier molecular flexibility index (Phi) is 3.46. The summed E-state index contributed by atoms with van der Waals surface area (Å²) in [6.07, 6.45) is 1.63. The molecule has 0 unspecified atom stereocenters. The smallest absolute Gasteiger partial charge is 0.293 e. The number of nitro benzene ring substituents is 1. The van der Waals surface area contributed by atoms with Gasteiger partial charge in [-0.05, 0) is 31.4 Å². The molecule has 1 fully saturated rings. The van der Waals surface area contributed by atoms with Crippen LogP contribution >= 0.6 is 0 Å². The van der Waals surface area contributed by atoms with Crippen LogP contribution in [-0.2, 0) is 10.0 Å². The number of anilines is 1. The molecule has 1 aromatic carbocycles. The second-order valence-electron chi connectivity index (χ2n) is 4.54. The van der Waals surface area contributed by atoms with Crippen molar-refractivity contribution < 1.29 is 13.3 Å². The second kappa shape index (κ2) is 4.78. The van der Waals surface area contributed by atoms with E-state index in [0.29, 0.717) is 18.7 Å². The number of nitrogen functional groups attached to an aromatic ring is 1. The van der Waals surface area contributed by atoms with Crippen molar-refractivity contribution in [3.63, 3.8) is 0 Å². The highest BCUT2D eigenvalue weighted by Crippen LogP contribution is 2.31. The molecule has 1 heterocycles. The minimum absolute atomic E-state index is 0.0251. The van der Waals surface area contributed by atoms with E-state index < -0.39 is 14.9 Å². The van der Waals surface area contributed by atoms with Crippen LogP contribution in [0.2, 0.25) is 0 Å². The minimum atomic E-state index is -3.67. The summed E-state index contributed by atoms with van der Waals surface area (Å²) in [4.78, 5) is 10.1. The van der Waals surface area contributed by atoms with Gasteiger partial charge in [-0.2, -0.15) is 4.31 Å². The van der Waals surface area contributed by atoms with E-state index in [1.54, 1.807) is 6.92 Å². The molecule has 0 radical (unpaired) electrons. The molecule has 0 aromatic heterocycles. The Hall–Kier alpha value is -1.67. The van der Waals surface area contributed by atoms with Gasteiger partial charge in [-0.15, -0.1) is 0 Å². The van der Waals surface area contributed by atoms with E-state index >= 15 is 0 Å². The van der Waals surface area contributed by atoms with Crippen molar-refractivity contribution in [1.82, 2.24) is 4.31 Å². The van der Waals surface area contributed by atoms with E-state index in [1.807, 2.05) is 0 Å². The average molecular weight is 285 g/mol. The third-order valence-electron chi connectivity index (χ3n) is 3.20. The first-order valence-electron chi connectivity index (χ1n) is 5.88. The molecule has 1 aromatic rings. The van der Waals surface area contributed by atoms with Gasteiger partial charge in [-0.3, -0.25) is 10.1 Å². The Labute approximate surface area is 111 Å². The number of hydrogen-bond donors (Lipinski definition) is 1. The predicted molar refractivity (Wildman–Crippen MR) is 70.2 cm³/mol. The van der Waals surface area contributed by atoms with Gasteiger partial charge in [0, 0.05) is 19.2 Å². The second-order valence-corrected chi connectivity index (χ2v) is 6.45. The van der Waals surface area contributed by atoms with Crippen molar-refractivity contribution in [2.24, 2.45) is 0 Å². The lowest BCUT2D eigenvalue weighted by atomic mass is 10.2. The first-order chi connectivity index (χ1) is 8.84. The van der Waals surface area contributed by atoms with Crippen LogP contribution in [0.25, 0.3) is 0 Å². The van der Waals surface area contributed by atoms with Crippen molar-refractivity contribution in [1.29, 1.82) is 0 Å². The first kappa shape index (κ1) is 13.8. The normalized spacial score (nSPS) is 16.7. The Morgan fingerprint density at radius 2 is 1.89 bits per heavy atom. The van der Waals surface area contributed by atoms with Crippen LogP contribution in [0.15, 0.2) is 17.0 Å². The van der Waals surface area contributed by atoms with E-state index in [-0.39, 0.29) is 16.3 Å². The van der Waals surface area contributed by atoms with Gasteiger partial charge in [-0.1, -0.05) is 0 Å². The molecule has 104 valence electrons. The van der Waals surface area contributed by atoms with Crippen LogP contribution in [0.4, 0.5) is 11.4 Å². The number of nitrogens with zero attached hydrogens (tertiary/aromatic N) is 2. The molecule has 1 aliphatic rings. The van der Waals surface area contributed by atoms with Crippen molar-refractivity contribution >= 4 is 21.4 Å². The summed E-state index contributed by atoms with van der Waals surface area (Å²) >= 11 is 0. The maximum Gasteiger partial charge on any atom is 0.293 e. The highest BCUT2D eigenvalue weighted by Gasteiger charge is 2.30. The van der Waals surface area contributed by atoms with Gasteiger partial charge in [0.1, 0.15) is 5.69 Å². The molecule has 0 saturated carbocycles. The molecule has 0 aliphatic carbocycles. The van der Waals surface area contributed by atoms with Gasteiger partial charge in [0.15, 0.2) is 0 Å². The number of sulfonamides is 1. The fourth-order valence-corrected chi connectivity index (χ4v) is 3.95. The molecule has 2 rings (SSSR count). The molecule has 0 bridgehead atoms. The molecule has 0 atom stereocenters. The van der Waals surface area contributed by atoms with E-state index in [0.717, 1.165) is 18.9 Å². The zero-order chi connectivity index (χ0) is 14.2. The maximum atomic E-state index is 12.4. The minimum Gasteiger partial charge on any atom is -0.393 e. The number of benzene rings is 1. The summed E-state index contributed by atoms with van der Waals surface area (Å²) in [5.41, 5.74) is 5.57. The Bertz CT molecular complexity index is 621. The van der Waals surface area contributed by atoms with E-state index in [2.05, 4.69) is 0 Å². The SMILES string of the molecule is Cc1cc(N)c([N+](=O)[O-])cc1S(=O)(=O)N1CCCC1. The molecule has 0 amide bonds. The molecular formula is C11H15N3O4S. The van der Waals surface area contributed by atoms with Gasteiger partial charge < -0.3 is 5.73 Å². The molecule has 0 spiro atoms. The number of rotatable bonds is 3. The summed E-state index contributed by atoms with van der Waals surface area (Å²) in [5.74, 6) is 0. The molecule has 19 heavy (non-hydrogen) atoms. The zero-order valence-electron chi connectivity index (χ0n) is 10.5. The number of nitrogens with two attached hydrogens (primary N) is 1. The van der Waals surface area contributed by atoms with E-state index in [1.165, 1.54) is 10.4 Å². The van der Waals surface area contributed by atoms with Crippen molar-refractivity contribution in [2.45, 2.75) is 24.7 Å². The standard InChI is InChI=1S/C11H15N3O4S/c1-8-6-9(12)10(14(15)16)7-11(8)19(17,18)13-4-2-3-5-13/h6-7H,2-5,12H2,1H3. The molecule has 2 N–H and O–H groups in total. The maximum absolute atomic E-state index is 12.4. The molecule has 1 aliphatic heterocycles. The fraction of sp³-hybridized carbons (Fsp3) is 0.455. The molecule has 1 saturated heterocycles. The third kappa shape index (κ3) is 2.41. The predicted octanol–water partition coefficient (Wildman–Crippen LogP) is 1.27. The first-order valence-corrected chi connectivity index (χ1v) is 7.32. The lowest BCUT2D eigenvalue weighted by Crippen LogP contribution is -2.28. The largest absolute Gasteiger partial charge is 0.393 e. The monoisotopic (exact) mass is 285 g/mol. The summed E-state index contributed by atoms with van der Waals surface area (Å²) in [5, 5.41) is 10.9. The van der Waals surface area contributed by atoms with Crippen molar-refractivity contribution in [3.8, 4) is 0 Å². The average Bonchev–Trinajstić information content (AvgIpc) is 2.81. The van der Waals surface area contributed by atoms with Crippen molar-refractivity contribution in [3.05, 3.63) is 27.8 Å². The Morgan fingerprint density at radius 1 is 1.32 bits per heavy atom. The topological polar surface area (TPSA) is 107 Å². The van der Waals surface area contributed by atoms with E-state index in [4.69, 9.17) is 5.73 Å². The van der Waals surface area contributed by atoms with Crippen molar-refractivity contribution in [2.75, 3.05) is 18.8 Å². The lowest BCUT2D eigenvalue weighted by Gasteiger charge is -2.17. The van der Waals surface area contributed by atoms with Crippen LogP contribution < -0.4 is 5.73 Å². The lowest BCUT2D eigenvalue weighted by molar-refractivity contribution is -0.384. The zero-order valence-corrected chi connectivity index (χ0v) is 11.3. The summed E-state index contributed by atoms with van der Waals surface area (Å²) < 4.78 is 26.2. The summed E-state index contributed by atoms with van der Waals surface area (Å²) in [6.45, 7) is 2.50. The van der Waals surface area contributed by atoms with Crippen LogP contribution in [0.5, 0.6) is 0 Å². The van der Waals surface area contributed by atoms with Crippen LogP contribution in [-0.4, -0.2) is 30.7 Å². The van der Waals surface area contributed by atoms with Gasteiger partial charge in [0.2, 0.25) is 10.0 Å². The third-order valence-corrected chi connectivity index (χ3v) is 5.24. The molecular weight excluding hydrogens is 270 g/mol. The highest BCUT2D eigenvalue weighted by atomic mass is 32.2. The number of hydrogen-bond acceptors (Lipinski definition) is 5. The number of aryl methyl sites for hydroxylation is 1. The van der Waals surface area contributed by atoms with Crippen LogP contribution in [0.1, 0.15) is 18.4 Å². The van der Waals surface area contributed by atoms with E-state index in [9.17, 15) is 18.5 Å². The van der Waals surface area contributed by atoms with Gasteiger partial charge in [0.05, 0.1) is 9.82 Å². The fourth-order valence-electron chi connectivity index (χ4n) is 2.20. The molecule has 7 nitrogen and oxygen atoms in total. The van der Waals surface area contributed by atoms with Gasteiger partial charge >= 0.3 is 0 Å².